The van der Waals surface area contributed by atoms with Gasteiger partial charge in [0, 0.05) is 106 Å². The Morgan fingerprint density at radius 1 is 1.00 bits per heavy atom. The molecule has 1 aromatic heterocycles. The van der Waals surface area contributed by atoms with Gasteiger partial charge in [0.15, 0.2) is 11.9 Å². The topological polar surface area (TPSA) is 125 Å². The van der Waals surface area contributed by atoms with Crippen LogP contribution in [0.2, 0.25) is 0 Å². The molecule has 0 unspecified atom stereocenters. The Bertz CT molecular complexity index is 1960. The van der Waals surface area contributed by atoms with Crippen LogP contribution in [0, 0.1) is 0 Å². The summed E-state index contributed by atoms with van der Waals surface area (Å²) >= 11 is 0. The number of aryl methyl sites for hydroxylation is 1. The summed E-state index contributed by atoms with van der Waals surface area (Å²) in [6.45, 7) is 9.95. The molecule has 4 aliphatic rings. The number of nitrogens with two attached hydrogens (primary N) is 1. The molecule has 2 fully saturated rings. The highest BCUT2D eigenvalue weighted by atomic mass is 19.3. The smallest absolute Gasteiger partial charge is 0.335 e. The zero-order valence-electron chi connectivity index (χ0n) is 33.2. The molecule has 2 aromatic carbocycles. The highest BCUT2D eigenvalue weighted by Gasteiger charge is 2.42. The van der Waals surface area contributed by atoms with Gasteiger partial charge in [-0.15, -0.1) is 9.78 Å². The number of hydrogen-bond acceptors (Lipinski definition) is 7. The molecular formula is C43H57F2N8O3+. The minimum atomic E-state index is -2.69. The van der Waals surface area contributed by atoms with Gasteiger partial charge in [-0.3, -0.25) is 14.7 Å². The number of alkyl halides is 2. The van der Waals surface area contributed by atoms with Crippen LogP contribution in [-0.4, -0.2) is 89.4 Å². The summed E-state index contributed by atoms with van der Waals surface area (Å²) < 4.78 is 31.8. The first-order chi connectivity index (χ1) is 27.0. The number of nitrogens with one attached hydrogen (secondary N) is 1. The van der Waals surface area contributed by atoms with Gasteiger partial charge in [0.1, 0.15) is 0 Å². The number of halogens is 2. The largest absolute Gasteiger partial charge is 0.478 e. The van der Waals surface area contributed by atoms with Crippen molar-refractivity contribution in [1.82, 2.24) is 14.9 Å². The Labute approximate surface area is 328 Å². The van der Waals surface area contributed by atoms with Gasteiger partial charge in [0.25, 0.3) is 6.43 Å². The normalized spacial score (nSPS) is 21.0. The van der Waals surface area contributed by atoms with Crippen LogP contribution in [0.15, 0.2) is 47.6 Å². The summed E-state index contributed by atoms with van der Waals surface area (Å²) in [7, 11) is 1.60. The van der Waals surface area contributed by atoms with Crippen molar-refractivity contribution in [2.24, 2.45) is 10.7 Å². The zero-order chi connectivity index (χ0) is 39.7. The molecule has 1 aliphatic carbocycles. The summed E-state index contributed by atoms with van der Waals surface area (Å²) in [5.74, 6) is 0.0334. The lowest BCUT2D eigenvalue weighted by molar-refractivity contribution is -0.781. The molecule has 0 spiro atoms. The molecule has 4 heterocycles. The number of rotatable bonds is 10. The fourth-order valence-electron chi connectivity index (χ4n) is 9.93. The van der Waals surface area contributed by atoms with E-state index >= 15 is 0 Å². The van der Waals surface area contributed by atoms with Crippen LogP contribution in [0.1, 0.15) is 116 Å². The Hall–Kier alpha value is -4.78. The number of piperidine rings is 1. The maximum atomic E-state index is 14.7. The fraction of sp³-hybridized carbons (Fsp3) is 0.535. The summed E-state index contributed by atoms with van der Waals surface area (Å²) in [5.41, 5.74) is 12.1. The van der Waals surface area contributed by atoms with Crippen molar-refractivity contribution < 1.29 is 28.2 Å². The number of fused-ring (bicyclic) bond motifs is 2. The monoisotopic (exact) mass is 771 g/mol. The molecule has 11 nitrogen and oxygen atoms in total. The molecule has 3 aromatic rings. The third kappa shape index (κ3) is 7.79. The molecule has 1 amide bonds. The first-order valence-electron chi connectivity index (χ1n) is 20.3. The molecule has 56 heavy (non-hydrogen) atoms. The van der Waals surface area contributed by atoms with Crippen molar-refractivity contribution in [2.45, 2.75) is 116 Å². The van der Waals surface area contributed by atoms with E-state index in [-0.39, 0.29) is 17.5 Å². The number of aromatic nitrogens is 2. The lowest BCUT2D eigenvalue weighted by Gasteiger charge is -2.46. The number of nitrogens with zero attached hydrogens (tertiary/aromatic N) is 6. The predicted octanol–water partition coefficient (Wildman–Crippen LogP) is 6.79. The van der Waals surface area contributed by atoms with Gasteiger partial charge >= 0.3 is 5.97 Å². The highest BCUT2D eigenvalue weighted by Crippen LogP contribution is 2.42. The number of carboxylic acids is 1. The van der Waals surface area contributed by atoms with Crippen LogP contribution in [0.3, 0.4) is 0 Å². The Morgan fingerprint density at radius 2 is 1.70 bits per heavy atom. The van der Waals surface area contributed by atoms with Crippen molar-refractivity contribution in [3.05, 3.63) is 76.1 Å². The van der Waals surface area contributed by atoms with E-state index in [0.29, 0.717) is 54.5 Å². The molecule has 7 rings (SSSR count). The number of aromatic amines is 1. The quantitative estimate of drug-likeness (QED) is 0.153. The minimum Gasteiger partial charge on any atom is -0.478 e. The van der Waals surface area contributed by atoms with Crippen molar-refractivity contribution in [3.8, 4) is 0 Å². The van der Waals surface area contributed by atoms with E-state index in [0.717, 1.165) is 99.2 Å². The van der Waals surface area contributed by atoms with E-state index in [1.807, 2.05) is 23.1 Å². The summed E-state index contributed by atoms with van der Waals surface area (Å²) in [6, 6.07) is 12.4. The fourth-order valence-corrected chi connectivity index (χ4v) is 9.93. The van der Waals surface area contributed by atoms with Crippen LogP contribution in [-0.2, 0) is 24.2 Å². The first-order valence-corrected chi connectivity index (χ1v) is 20.3. The molecule has 0 radical (unpaired) electrons. The van der Waals surface area contributed by atoms with Crippen molar-refractivity contribution >= 4 is 40.9 Å². The molecular weight excluding hydrogens is 715 g/mol. The van der Waals surface area contributed by atoms with Gasteiger partial charge < -0.3 is 25.5 Å². The minimum absolute atomic E-state index is 0.0351. The van der Waals surface area contributed by atoms with Crippen molar-refractivity contribution in [3.63, 3.8) is 0 Å². The third-order valence-corrected chi connectivity index (χ3v) is 12.6. The predicted molar refractivity (Wildman–Crippen MR) is 216 cm³/mol. The van der Waals surface area contributed by atoms with Gasteiger partial charge in [-0.25, -0.2) is 13.6 Å². The molecule has 13 heteroatoms. The maximum absolute atomic E-state index is 14.7. The molecule has 300 valence electrons. The number of aromatic carboxylic acids is 1. The number of carboxylic acid groups (broad SMARTS) is 1. The van der Waals surface area contributed by atoms with Crippen LogP contribution in [0.5, 0.6) is 0 Å². The van der Waals surface area contributed by atoms with E-state index in [4.69, 9.17) is 5.73 Å². The van der Waals surface area contributed by atoms with Crippen LogP contribution >= 0.6 is 0 Å². The Kier molecular flexibility index (Phi) is 11.8. The van der Waals surface area contributed by atoms with E-state index < -0.39 is 12.4 Å². The van der Waals surface area contributed by atoms with Crippen molar-refractivity contribution in [2.75, 3.05) is 43.0 Å². The molecule has 0 bridgehead atoms. The van der Waals surface area contributed by atoms with E-state index in [1.165, 1.54) is 18.1 Å². The van der Waals surface area contributed by atoms with E-state index in [1.54, 1.807) is 32.2 Å². The zero-order valence-corrected chi connectivity index (χ0v) is 33.2. The summed E-state index contributed by atoms with van der Waals surface area (Å²) in [6.07, 6.45) is 8.89. The number of anilines is 3. The number of allylic oxidation sites excluding steroid dienone is 1. The SMILES string of the molecule is CN=C/C(=C\N)c1cc2c(cc1C(F)F)N(c1[nH][n+](C3CCC(N(C(C)C)C4CCN(c5ccc(C(=O)O)cc5)CC4)CC3)c3c1CN(C(C)=O)CC3)CCC2. The lowest BCUT2D eigenvalue weighted by Crippen LogP contribution is -2.55. The highest BCUT2D eigenvalue weighted by molar-refractivity contribution is 6.10. The van der Waals surface area contributed by atoms with Crippen LogP contribution in [0.4, 0.5) is 26.0 Å². The van der Waals surface area contributed by atoms with Gasteiger partial charge in [-0.05, 0) is 99.9 Å². The van der Waals surface area contributed by atoms with E-state index in [9.17, 15) is 23.5 Å². The van der Waals surface area contributed by atoms with Crippen LogP contribution in [0.25, 0.3) is 5.57 Å². The Balaban J connectivity index is 1.12. The molecule has 1 saturated carbocycles. The van der Waals surface area contributed by atoms with Gasteiger partial charge in [-0.2, -0.15) is 0 Å². The maximum Gasteiger partial charge on any atom is 0.335 e. The summed E-state index contributed by atoms with van der Waals surface area (Å²) in [4.78, 5) is 37.3. The average molecular weight is 772 g/mol. The number of amides is 1. The third-order valence-electron chi connectivity index (χ3n) is 12.6. The van der Waals surface area contributed by atoms with Crippen molar-refractivity contribution in [1.29, 1.82) is 0 Å². The number of benzene rings is 2. The van der Waals surface area contributed by atoms with Gasteiger partial charge in [0.2, 0.25) is 11.6 Å². The average Bonchev–Trinajstić information content (AvgIpc) is 3.58. The van der Waals surface area contributed by atoms with Crippen LogP contribution < -0.4 is 20.2 Å². The molecule has 4 N–H and O–H groups in total. The van der Waals surface area contributed by atoms with Gasteiger partial charge in [-0.1, -0.05) is 0 Å². The summed E-state index contributed by atoms with van der Waals surface area (Å²) in [5, 5.41) is 13.1. The molecule has 0 atom stereocenters. The molecule has 1 saturated heterocycles. The second kappa shape index (κ2) is 16.8. The number of aliphatic imine (C=N–C) groups is 1. The standard InChI is InChI=1S/C43H56F2N8O3/c1-27(2)52(34-15-19-49(20-16-34)32-9-7-29(8-10-32)43(55)56)33-11-13-35(14-12-33)53-39-17-21-50(28(3)54)26-38(39)42(48-53)51-18-5-6-30-22-36(31(24-46)25-47-4)37(41(44)45)23-40(30)51/h7-10,22-25,27,33-35,41H,5-6,11-21,26H2,1-4H3,(H3,46,47,55,56)/p+1. The second-order valence-corrected chi connectivity index (χ2v) is 16.2. The number of carbonyl (C=O) groups is 2. The van der Waals surface area contributed by atoms with E-state index in [2.05, 4.69) is 43.3 Å². The number of H-pyrrole nitrogens is 1. The van der Waals surface area contributed by atoms with Gasteiger partial charge in [0.05, 0.1) is 24.1 Å². The first kappa shape index (κ1) is 39.5. The number of hydrogen-bond donors (Lipinski definition) is 3. The Morgan fingerprint density at radius 3 is 2.30 bits per heavy atom. The molecule has 3 aliphatic heterocycles. The number of carbonyl (C=O) groups excluding carboxylic acids is 1. The lowest BCUT2D eigenvalue weighted by atomic mass is 9.87. The second-order valence-electron chi connectivity index (χ2n) is 16.2.